The Morgan fingerprint density at radius 1 is 1.41 bits per heavy atom. The number of hydrogen-bond donors (Lipinski definition) is 1. The first-order chi connectivity index (χ1) is 8.01. The van der Waals surface area contributed by atoms with Crippen LogP contribution >= 0.6 is 15.9 Å². The molecule has 0 aliphatic heterocycles. The highest BCUT2D eigenvalue weighted by Gasteiger charge is 2.19. The van der Waals surface area contributed by atoms with E-state index in [0.29, 0.717) is 10.0 Å². The fourth-order valence-corrected chi connectivity index (χ4v) is 2.08. The Labute approximate surface area is 106 Å². The van der Waals surface area contributed by atoms with Crippen LogP contribution in [0, 0.1) is 5.82 Å². The predicted octanol–water partition coefficient (Wildman–Crippen LogP) is 2.62. The molecule has 1 N–H and O–H groups in total. The van der Waals surface area contributed by atoms with Crippen molar-refractivity contribution in [2.24, 2.45) is 0 Å². The van der Waals surface area contributed by atoms with E-state index in [1.807, 2.05) is 0 Å². The lowest BCUT2D eigenvalue weighted by Crippen LogP contribution is -2.03. The summed E-state index contributed by atoms with van der Waals surface area (Å²) >= 11 is 3.16. The summed E-state index contributed by atoms with van der Waals surface area (Å²) in [5.74, 6) is -1.52. The molecule has 0 aromatic heterocycles. The van der Waals surface area contributed by atoms with Crippen LogP contribution in [0.1, 0.15) is 12.0 Å². The fraction of sp³-hybridized carbons (Fsp3) is 0.364. The van der Waals surface area contributed by atoms with Crippen LogP contribution in [0.4, 0.5) is 4.39 Å². The number of methoxy groups -OCH3 is 2. The van der Waals surface area contributed by atoms with E-state index in [2.05, 4.69) is 15.9 Å². The molecule has 0 atom stereocenters. The molecule has 1 aromatic rings. The van der Waals surface area contributed by atoms with Crippen LogP contribution in [0.3, 0.4) is 0 Å². The molecule has 0 amide bonds. The van der Waals surface area contributed by atoms with Crippen molar-refractivity contribution in [3.8, 4) is 11.5 Å². The Morgan fingerprint density at radius 3 is 2.47 bits per heavy atom. The summed E-state index contributed by atoms with van der Waals surface area (Å²) in [5.41, 5.74) is 0.486. The van der Waals surface area contributed by atoms with E-state index >= 15 is 0 Å². The van der Waals surface area contributed by atoms with E-state index in [9.17, 15) is 9.18 Å². The van der Waals surface area contributed by atoms with E-state index in [0.717, 1.165) is 0 Å². The highest BCUT2D eigenvalue weighted by atomic mass is 79.9. The topological polar surface area (TPSA) is 55.8 Å². The third-order valence-electron chi connectivity index (χ3n) is 2.22. The second-order valence-corrected chi connectivity index (χ2v) is 4.15. The molecule has 1 rings (SSSR count). The maximum absolute atomic E-state index is 13.9. The molecule has 0 heterocycles. The van der Waals surface area contributed by atoms with Gasteiger partial charge in [-0.05, 0) is 34.0 Å². The molecule has 6 heteroatoms. The second-order valence-electron chi connectivity index (χ2n) is 3.29. The lowest BCUT2D eigenvalue weighted by molar-refractivity contribution is -0.136. The minimum atomic E-state index is -0.945. The van der Waals surface area contributed by atoms with Crippen LogP contribution in [-0.4, -0.2) is 25.3 Å². The molecular weight excluding hydrogens is 295 g/mol. The lowest BCUT2D eigenvalue weighted by atomic mass is 10.1. The predicted molar refractivity (Wildman–Crippen MR) is 63.2 cm³/mol. The molecule has 0 aliphatic carbocycles. The van der Waals surface area contributed by atoms with Crippen molar-refractivity contribution in [2.45, 2.75) is 12.8 Å². The number of carboxylic acids is 1. The molecule has 0 fully saturated rings. The SMILES string of the molecule is COc1c(Br)cc(CCC(=O)O)c(OC)c1F. The van der Waals surface area contributed by atoms with E-state index < -0.39 is 11.8 Å². The number of rotatable bonds is 5. The zero-order chi connectivity index (χ0) is 13.0. The maximum atomic E-state index is 13.9. The minimum absolute atomic E-state index is 0.0197. The number of ether oxygens (including phenoxy) is 2. The Hall–Kier alpha value is -1.30. The number of aryl methyl sites for hydroxylation is 1. The molecular formula is C11H12BrFO4. The number of halogens is 2. The summed E-state index contributed by atoms with van der Waals surface area (Å²) in [5, 5.41) is 8.61. The molecule has 17 heavy (non-hydrogen) atoms. The Bertz CT molecular complexity index is 434. The van der Waals surface area contributed by atoms with Gasteiger partial charge in [0.1, 0.15) is 0 Å². The quantitative estimate of drug-likeness (QED) is 0.908. The zero-order valence-corrected chi connectivity index (χ0v) is 11.0. The molecule has 0 saturated carbocycles. The first-order valence-corrected chi connectivity index (χ1v) is 5.61. The van der Waals surface area contributed by atoms with Gasteiger partial charge < -0.3 is 14.6 Å². The fourth-order valence-electron chi connectivity index (χ4n) is 1.47. The second kappa shape index (κ2) is 5.86. The van der Waals surface area contributed by atoms with Crippen LogP contribution in [0.2, 0.25) is 0 Å². The molecule has 0 bridgehead atoms. The minimum Gasteiger partial charge on any atom is -0.493 e. The van der Waals surface area contributed by atoms with Crippen molar-refractivity contribution < 1.29 is 23.8 Å². The molecule has 0 spiro atoms. The number of hydrogen-bond acceptors (Lipinski definition) is 3. The van der Waals surface area contributed by atoms with Gasteiger partial charge in [0.25, 0.3) is 0 Å². The molecule has 1 aromatic carbocycles. The monoisotopic (exact) mass is 306 g/mol. The Balaban J connectivity index is 3.17. The summed E-state index contributed by atoms with van der Waals surface area (Å²) < 4.78 is 24.1. The summed E-state index contributed by atoms with van der Waals surface area (Å²) in [6.07, 6.45) is 0.104. The summed E-state index contributed by atoms with van der Waals surface area (Å²) in [4.78, 5) is 10.5. The van der Waals surface area contributed by atoms with Crippen LogP contribution < -0.4 is 9.47 Å². The van der Waals surface area contributed by atoms with Gasteiger partial charge in [-0.3, -0.25) is 4.79 Å². The van der Waals surface area contributed by atoms with Gasteiger partial charge in [0.15, 0.2) is 11.5 Å². The van der Waals surface area contributed by atoms with Crippen molar-refractivity contribution in [1.29, 1.82) is 0 Å². The third-order valence-corrected chi connectivity index (χ3v) is 2.81. The number of aliphatic carboxylic acids is 1. The summed E-state index contributed by atoms with van der Waals surface area (Å²) in [7, 11) is 2.68. The first kappa shape index (κ1) is 13.8. The molecule has 0 aliphatic rings. The van der Waals surface area contributed by atoms with E-state index in [4.69, 9.17) is 14.6 Å². The van der Waals surface area contributed by atoms with Gasteiger partial charge in [-0.15, -0.1) is 0 Å². The van der Waals surface area contributed by atoms with Gasteiger partial charge in [0.2, 0.25) is 5.82 Å². The molecule has 0 unspecified atom stereocenters. The highest BCUT2D eigenvalue weighted by Crippen LogP contribution is 2.37. The highest BCUT2D eigenvalue weighted by molar-refractivity contribution is 9.10. The summed E-state index contributed by atoms with van der Waals surface area (Å²) in [6, 6.07) is 1.60. The number of benzene rings is 1. The lowest BCUT2D eigenvalue weighted by Gasteiger charge is -2.13. The third kappa shape index (κ3) is 3.09. The number of carbonyl (C=O) groups is 1. The zero-order valence-electron chi connectivity index (χ0n) is 9.42. The Kier molecular flexibility index (Phi) is 4.74. The van der Waals surface area contributed by atoms with E-state index in [1.165, 1.54) is 14.2 Å². The van der Waals surface area contributed by atoms with E-state index in [1.54, 1.807) is 6.07 Å². The Morgan fingerprint density at radius 2 is 2.00 bits per heavy atom. The van der Waals surface area contributed by atoms with E-state index in [-0.39, 0.29) is 24.3 Å². The maximum Gasteiger partial charge on any atom is 0.303 e. The summed E-state index contributed by atoms with van der Waals surface area (Å²) in [6.45, 7) is 0. The van der Waals surface area contributed by atoms with Crippen molar-refractivity contribution in [3.05, 3.63) is 21.9 Å². The van der Waals surface area contributed by atoms with Crippen LogP contribution in [0.25, 0.3) is 0 Å². The standard InChI is InChI=1S/C11H12BrFO4/c1-16-10-6(3-4-8(14)15)5-7(12)11(17-2)9(10)13/h5H,3-4H2,1-2H3,(H,14,15). The molecule has 0 radical (unpaired) electrons. The molecule has 4 nitrogen and oxygen atoms in total. The molecule has 94 valence electrons. The van der Waals surface area contributed by atoms with Gasteiger partial charge in [0, 0.05) is 6.42 Å². The van der Waals surface area contributed by atoms with Crippen LogP contribution in [0.5, 0.6) is 11.5 Å². The average Bonchev–Trinajstić information content (AvgIpc) is 2.26. The van der Waals surface area contributed by atoms with Gasteiger partial charge in [-0.2, -0.15) is 4.39 Å². The largest absolute Gasteiger partial charge is 0.493 e. The number of carboxylic acid groups (broad SMARTS) is 1. The van der Waals surface area contributed by atoms with Crippen molar-refractivity contribution in [3.63, 3.8) is 0 Å². The van der Waals surface area contributed by atoms with Gasteiger partial charge >= 0.3 is 5.97 Å². The smallest absolute Gasteiger partial charge is 0.303 e. The van der Waals surface area contributed by atoms with Crippen molar-refractivity contribution >= 4 is 21.9 Å². The van der Waals surface area contributed by atoms with Gasteiger partial charge in [0.05, 0.1) is 18.7 Å². The van der Waals surface area contributed by atoms with Gasteiger partial charge in [-0.25, -0.2) is 0 Å². The van der Waals surface area contributed by atoms with Crippen molar-refractivity contribution in [2.75, 3.05) is 14.2 Å². The van der Waals surface area contributed by atoms with Gasteiger partial charge in [-0.1, -0.05) is 0 Å². The van der Waals surface area contributed by atoms with Crippen LogP contribution in [0.15, 0.2) is 10.5 Å². The normalized spacial score (nSPS) is 10.1. The molecule has 0 saturated heterocycles. The first-order valence-electron chi connectivity index (χ1n) is 4.81. The van der Waals surface area contributed by atoms with Crippen LogP contribution in [-0.2, 0) is 11.2 Å². The average molecular weight is 307 g/mol. The van der Waals surface area contributed by atoms with Crippen molar-refractivity contribution in [1.82, 2.24) is 0 Å².